The van der Waals surface area contributed by atoms with Crippen molar-refractivity contribution in [1.82, 2.24) is 25.1 Å². The van der Waals surface area contributed by atoms with E-state index < -0.39 is 6.04 Å². The Morgan fingerprint density at radius 2 is 2.19 bits per heavy atom. The lowest BCUT2D eigenvalue weighted by Crippen LogP contribution is -2.56. The van der Waals surface area contributed by atoms with Crippen molar-refractivity contribution in [2.24, 2.45) is 0 Å². The van der Waals surface area contributed by atoms with Gasteiger partial charge in [-0.05, 0) is 36.2 Å². The van der Waals surface area contributed by atoms with Gasteiger partial charge in [0.15, 0.2) is 0 Å². The maximum atomic E-state index is 12.8. The molecule has 0 bridgehead atoms. The van der Waals surface area contributed by atoms with Crippen molar-refractivity contribution in [3.8, 4) is 0 Å². The standard InChI is InChI=1S/C20H25N5O2/c1-15-12-21-8-6-16(15)13-24(2)19(26)11-18-20(27)23-9-10-25(18)14-17-5-3-4-7-22-17/h3-8,12,18H,9-11,13-14H2,1-2H3,(H,23,27). The molecule has 0 spiro atoms. The second-order valence-corrected chi connectivity index (χ2v) is 6.85. The molecular formula is C20H25N5O2. The topological polar surface area (TPSA) is 78.4 Å². The van der Waals surface area contributed by atoms with E-state index >= 15 is 0 Å². The highest BCUT2D eigenvalue weighted by molar-refractivity contribution is 5.88. The molecule has 1 N–H and O–H groups in total. The van der Waals surface area contributed by atoms with Crippen LogP contribution in [0.3, 0.4) is 0 Å². The van der Waals surface area contributed by atoms with E-state index in [2.05, 4.69) is 15.3 Å². The Labute approximate surface area is 159 Å². The van der Waals surface area contributed by atoms with Gasteiger partial charge in [-0.3, -0.25) is 24.5 Å². The number of carbonyl (C=O) groups is 2. The van der Waals surface area contributed by atoms with Gasteiger partial charge in [-0.25, -0.2) is 0 Å². The molecule has 3 rings (SSSR count). The molecule has 1 saturated heterocycles. The van der Waals surface area contributed by atoms with Crippen molar-refractivity contribution < 1.29 is 9.59 Å². The second-order valence-electron chi connectivity index (χ2n) is 6.85. The summed E-state index contributed by atoms with van der Waals surface area (Å²) in [5, 5.41) is 2.87. The zero-order valence-corrected chi connectivity index (χ0v) is 15.8. The minimum Gasteiger partial charge on any atom is -0.353 e. The number of carbonyl (C=O) groups excluding carboxylic acids is 2. The summed E-state index contributed by atoms with van der Waals surface area (Å²) >= 11 is 0. The molecule has 1 atom stereocenters. The molecule has 142 valence electrons. The van der Waals surface area contributed by atoms with E-state index in [-0.39, 0.29) is 18.2 Å². The minimum atomic E-state index is -0.478. The van der Waals surface area contributed by atoms with Crippen molar-refractivity contribution in [2.75, 3.05) is 20.1 Å². The number of hydrogen-bond acceptors (Lipinski definition) is 5. The fourth-order valence-electron chi connectivity index (χ4n) is 3.22. The lowest BCUT2D eigenvalue weighted by molar-refractivity contribution is -0.138. The maximum Gasteiger partial charge on any atom is 0.237 e. The summed E-state index contributed by atoms with van der Waals surface area (Å²) in [7, 11) is 1.77. The fraction of sp³-hybridized carbons (Fsp3) is 0.400. The smallest absolute Gasteiger partial charge is 0.237 e. The summed E-state index contributed by atoms with van der Waals surface area (Å²) < 4.78 is 0. The van der Waals surface area contributed by atoms with Crippen LogP contribution in [0.25, 0.3) is 0 Å². The van der Waals surface area contributed by atoms with Crippen LogP contribution in [0.5, 0.6) is 0 Å². The van der Waals surface area contributed by atoms with Gasteiger partial charge in [0.1, 0.15) is 0 Å². The van der Waals surface area contributed by atoms with E-state index in [1.54, 1.807) is 30.5 Å². The van der Waals surface area contributed by atoms with Crippen LogP contribution >= 0.6 is 0 Å². The molecule has 0 radical (unpaired) electrons. The number of aryl methyl sites for hydroxylation is 1. The lowest BCUT2D eigenvalue weighted by Gasteiger charge is -2.35. The average Bonchev–Trinajstić information content (AvgIpc) is 2.67. The van der Waals surface area contributed by atoms with Crippen LogP contribution in [0.2, 0.25) is 0 Å². The van der Waals surface area contributed by atoms with Gasteiger partial charge in [-0.1, -0.05) is 6.07 Å². The Kier molecular flexibility index (Phi) is 6.13. The number of hydrogen-bond donors (Lipinski definition) is 1. The third-order valence-electron chi connectivity index (χ3n) is 4.87. The number of piperazine rings is 1. The molecule has 1 aliphatic heterocycles. The highest BCUT2D eigenvalue weighted by Gasteiger charge is 2.32. The molecule has 3 heterocycles. The molecule has 27 heavy (non-hydrogen) atoms. The molecule has 1 unspecified atom stereocenters. The lowest BCUT2D eigenvalue weighted by atomic mass is 10.1. The highest BCUT2D eigenvalue weighted by atomic mass is 16.2. The van der Waals surface area contributed by atoms with E-state index in [0.717, 1.165) is 16.8 Å². The van der Waals surface area contributed by atoms with Gasteiger partial charge in [0.05, 0.1) is 18.2 Å². The van der Waals surface area contributed by atoms with Gasteiger partial charge in [0.2, 0.25) is 11.8 Å². The Hall–Kier alpha value is -2.80. The zero-order valence-electron chi connectivity index (χ0n) is 15.8. The van der Waals surface area contributed by atoms with Gasteiger partial charge in [0.25, 0.3) is 0 Å². The van der Waals surface area contributed by atoms with Crippen molar-refractivity contribution in [2.45, 2.75) is 32.5 Å². The molecule has 7 heteroatoms. The average molecular weight is 367 g/mol. The monoisotopic (exact) mass is 367 g/mol. The van der Waals surface area contributed by atoms with Crippen LogP contribution < -0.4 is 5.32 Å². The van der Waals surface area contributed by atoms with Crippen molar-refractivity contribution >= 4 is 11.8 Å². The van der Waals surface area contributed by atoms with Gasteiger partial charge in [-0.2, -0.15) is 0 Å². The first-order chi connectivity index (χ1) is 13.0. The van der Waals surface area contributed by atoms with Crippen molar-refractivity contribution in [3.63, 3.8) is 0 Å². The van der Waals surface area contributed by atoms with Crippen LogP contribution in [0.15, 0.2) is 42.9 Å². The second kappa shape index (κ2) is 8.73. The molecule has 0 aromatic carbocycles. The normalized spacial score (nSPS) is 17.4. The quantitative estimate of drug-likeness (QED) is 0.828. The predicted molar refractivity (Wildman–Crippen MR) is 102 cm³/mol. The Morgan fingerprint density at radius 3 is 2.93 bits per heavy atom. The third-order valence-corrected chi connectivity index (χ3v) is 4.87. The molecule has 1 fully saturated rings. The van der Waals surface area contributed by atoms with Crippen LogP contribution in [0.1, 0.15) is 23.2 Å². The van der Waals surface area contributed by atoms with Crippen LogP contribution in [-0.4, -0.2) is 57.8 Å². The highest BCUT2D eigenvalue weighted by Crippen LogP contribution is 2.15. The summed E-state index contributed by atoms with van der Waals surface area (Å²) in [6.07, 6.45) is 5.41. The number of nitrogens with zero attached hydrogens (tertiary/aromatic N) is 4. The zero-order chi connectivity index (χ0) is 19.2. The number of aromatic nitrogens is 2. The van der Waals surface area contributed by atoms with E-state index in [4.69, 9.17) is 0 Å². The SMILES string of the molecule is Cc1cnccc1CN(C)C(=O)CC1C(=O)NCCN1Cc1ccccn1. The first kappa shape index (κ1) is 19.0. The molecule has 2 aromatic rings. The summed E-state index contributed by atoms with van der Waals surface area (Å²) in [6.45, 7) is 4.32. The van der Waals surface area contributed by atoms with Gasteiger partial charge in [-0.15, -0.1) is 0 Å². The Morgan fingerprint density at radius 1 is 1.33 bits per heavy atom. The number of pyridine rings is 2. The molecular weight excluding hydrogens is 342 g/mol. The maximum absolute atomic E-state index is 12.8. The van der Waals surface area contributed by atoms with Crippen LogP contribution in [0.4, 0.5) is 0 Å². The minimum absolute atomic E-state index is 0.0562. The van der Waals surface area contributed by atoms with E-state index in [1.165, 1.54) is 0 Å². The molecule has 0 aliphatic carbocycles. The predicted octanol–water partition coefficient (Wildman–Crippen LogP) is 1.13. The van der Waals surface area contributed by atoms with Crippen LogP contribution in [0, 0.1) is 6.92 Å². The van der Waals surface area contributed by atoms with Gasteiger partial charge >= 0.3 is 0 Å². The van der Waals surface area contributed by atoms with Gasteiger partial charge in [0, 0.05) is 51.8 Å². The number of rotatable bonds is 6. The first-order valence-electron chi connectivity index (χ1n) is 9.09. The summed E-state index contributed by atoms with van der Waals surface area (Å²) in [5.41, 5.74) is 2.99. The largest absolute Gasteiger partial charge is 0.353 e. The van der Waals surface area contributed by atoms with Crippen LogP contribution in [-0.2, 0) is 22.7 Å². The number of nitrogens with one attached hydrogen (secondary N) is 1. The fourth-order valence-corrected chi connectivity index (χ4v) is 3.22. The molecule has 7 nitrogen and oxygen atoms in total. The summed E-state index contributed by atoms with van der Waals surface area (Å²) in [6, 6.07) is 7.17. The Balaban J connectivity index is 1.65. The van der Waals surface area contributed by atoms with E-state index in [9.17, 15) is 9.59 Å². The molecule has 2 aromatic heterocycles. The summed E-state index contributed by atoms with van der Waals surface area (Å²) in [4.78, 5) is 37.3. The van der Waals surface area contributed by atoms with Gasteiger partial charge < -0.3 is 10.2 Å². The Bertz CT molecular complexity index is 796. The summed E-state index contributed by atoms with van der Waals surface area (Å²) in [5.74, 6) is -0.154. The molecule has 1 aliphatic rings. The number of amides is 2. The molecule has 0 saturated carbocycles. The van der Waals surface area contributed by atoms with E-state index in [1.807, 2.05) is 36.1 Å². The van der Waals surface area contributed by atoms with Crippen molar-refractivity contribution in [3.05, 3.63) is 59.7 Å². The first-order valence-corrected chi connectivity index (χ1v) is 9.09. The third kappa shape index (κ3) is 4.89. The van der Waals surface area contributed by atoms with E-state index in [0.29, 0.717) is 26.2 Å². The molecule has 2 amide bonds. The van der Waals surface area contributed by atoms with Crippen molar-refractivity contribution in [1.29, 1.82) is 0 Å².